The van der Waals surface area contributed by atoms with E-state index in [1.165, 1.54) is 10.6 Å². The number of aryl methyl sites for hydroxylation is 1. The fourth-order valence-electron chi connectivity index (χ4n) is 3.19. The van der Waals surface area contributed by atoms with Crippen LogP contribution >= 0.6 is 11.3 Å². The number of nitrogens with zero attached hydrogens (tertiary/aromatic N) is 6. The molecule has 4 heterocycles. The third-order valence-electron chi connectivity index (χ3n) is 4.30. The predicted molar refractivity (Wildman–Crippen MR) is 94.9 cm³/mol. The smallest absolute Gasteiger partial charge is 0.223 e. The highest BCUT2D eigenvalue weighted by atomic mass is 32.1. The van der Waals surface area contributed by atoms with Crippen molar-refractivity contribution in [2.24, 2.45) is 0 Å². The Balaban J connectivity index is 1.36. The lowest BCUT2D eigenvalue weighted by Crippen LogP contribution is -2.33. The summed E-state index contributed by atoms with van der Waals surface area (Å²) < 4.78 is 7.17. The van der Waals surface area contributed by atoms with Gasteiger partial charge in [0.15, 0.2) is 5.82 Å². The third kappa shape index (κ3) is 3.97. The first kappa shape index (κ1) is 16.4. The van der Waals surface area contributed by atoms with Gasteiger partial charge in [-0.2, -0.15) is 10.1 Å². The molecule has 0 bridgehead atoms. The molecule has 0 fully saturated rings. The van der Waals surface area contributed by atoms with Crippen LogP contribution in [-0.2, 0) is 32.7 Å². The number of hydrogen-bond donors (Lipinski definition) is 0. The average molecular weight is 358 g/mol. The molecule has 7 nitrogen and oxygen atoms in total. The highest BCUT2D eigenvalue weighted by Gasteiger charge is 2.19. The van der Waals surface area contributed by atoms with Crippen molar-refractivity contribution in [1.29, 1.82) is 0 Å². The molecule has 0 atom stereocenters. The quantitative estimate of drug-likeness (QED) is 0.674. The van der Waals surface area contributed by atoms with Crippen LogP contribution in [0.5, 0.6) is 0 Å². The molecule has 0 unspecified atom stereocenters. The van der Waals surface area contributed by atoms with Crippen molar-refractivity contribution in [3.8, 4) is 0 Å². The van der Waals surface area contributed by atoms with Crippen molar-refractivity contribution in [3.05, 3.63) is 51.6 Å². The van der Waals surface area contributed by atoms with Crippen LogP contribution < -0.4 is 0 Å². The molecule has 0 radical (unpaired) electrons. The summed E-state index contributed by atoms with van der Waals surface area (Å²) in [6.45, 7) is 7.22. The van der Waals surface area contributed by atoms with E-state index in [0.717, 1.165) is 38.4 Å². The minimum absolute atomic E-state index is 0.603. The number of rotatable bonds is 6. The van der Waals surface area contributed by atoms with Gasteiger partial charge in [-0.3, -0.25) is 14.5 Å². The molecule has 0 saturated carbocycles. The van der Waals surface area contributed by atoms with Gasteiger partial charge in [0.2, 0.25) is 5.89 Å². The maximum absolute atomic E-state index is 5.02. The highest BCUT2D eigenvalue weighted by molar-refractivity contribution is 7.09. The molecular weight excluding hydrogens is 336 g/mol. The normalized spacial score (nSPS) is 15.0. The summed E-state index contributed by atoms with van der Waals surface area (Å²) in [4.78, 5) is 10.3. The van der Waals surface area contributed by atoms with E-state index in [0.29, 0.717) is 18.3 Å². The van der Waals surface area contributed by atoms with E-state index in [1.54, 1.807) is 0 Å². The van der Waals surface area contributed by atoms with E-state index in [2.05, 4.69) is 48.2 Å². The van der Waals surface area contributed by atoms with Crippen LogP contribution in [0.25, 0.3) is 0 Å². The monoisotopic (exact) mass is 358 g/mol. The van der Waals surface area contributed by atoms with E-state index >= 15 is 0 Å². The highest BCUT2D eigenvalue weighted by Crippen LogP contribution is 2.19. The Bertz CT molecular complexity index is 824. The topological polar surface area (TPSA) is 63.2 Å². The molecule has 0 aromatic carbocycles. The van der Waals surface area contributed by atoms with Crippen molar-refractivity contribution in [2.45, 2.75) is 39.6 Å². The third-order valence-corrected chi connectivity index (χ3v) is 5.16. The molecule has 8 heteroatoms. The van der Waals surface area contributed by atoms with Crippen molar-refractivity contribution >= 4 is 11.3 Å². The zero-order chi connectivity index (χ0) is 17.2. The zero-order valence-corrected chi connectivity index (χ0v) is 15.4. The Morgan fingerprint density at radius 1 is 1.32 bits per heavy atom. The molecule has 0 saturated heterocycles. The maximum atomic E-state index is 5.02. The lowest BCUT2D eigenvalue weighted by Gasteiger charge is -2.26. The summed E-state index contributed by atoms with van der Waals surface area (Å²) in [5, 5.41) is 10.8. The molecule has 25 heavy (non-hydrogen) atoms. The molecule has 0 aliphatic carbocycles. The number of thiophene rings is 1. The SMILES string of the molecule is Cc1nc(CN(C)Cc2cc3n(n2)CCN(Cc2cccs2)C3)no1. The maximum Gasteiger partial charge on any atom is 0.223 e. The Kier molecular flexibility index (Phi) is 4.65. The van der Waals surface area contributed by atoms with Crippen molar-refractivity contribution < 1.29 is 4.52 Å². The van der Waals surface area contributed by atoms with Crippen LogP contribution in [0.2, 0.25) is 0 Å². The van der Waals surface area contributed by atoms with Gasteiger partial charge in [-0.1, -0.05) is 11.2 Å². The fourth-order valence-corrected chi connectivity index (χ4v) is 3.94. The molecule has 1 aliphatic heterocycles. The Hall–Kier alpha value is -2.03. The Labute approximate surface area is 150 Å². The summed E-state index contributed by atoms with van der Waals surface area (Å²) in [6, 6.07) is 6.54. The van der Waals surface area contributed by atoms with Crippen LogP contribution in [0.3, 0.4) is 0 Å². The molecule has 3 aromatic heterocycles. The minimum atomic E-state index is 0.603. The molecule has 1 aliphatic rings. The average Bonchev–Trinajstić information content (AvgIpc) is 3.28. The molecule has 0 N–H and O–H groups in total. The number of aromatic nitrogens is 4. The lowest BCUT2D eigenvalue weighted by atomic mass is 10.2. The number of fused-ring (bicyclic) bond motifs is 1. The zero-order valence-electron chi connectivity index (χ0n) is 14.6. The fraction of sp³-hybridized carbons (Fsp3) is 0.471. The van der Waals surface area contributed by atoms with Crippen LogP contribution in [0.1, 0.15) is 28.0 Å². The largest absolute Gasteiger partial charge is 0.340 e. The van der Waals surface area contributed by atoms with Crippen LogP contribution in [-0.4, -0.2) is 43.3 Å². The van der Waals surface area contributed by atoms with Gasteiger partial charge < -0.3 is 4.52 Å². The van der Waals surface area contributed by atoms with Crippen molar-refractivity contribution in [2.75, 3.05) is 13.6 Å². The van der Waals surface area contributed by atoms with Gasteiger partial charge in [-0.15, -0.1) is 11.3 Å². The first-order valence-corrected chi connectivity index (χ1v) is 9.32. The minimum Gasteiger partial charge on any atom is -0.340 e. The molecule has 4 rings (SSSR count). The van der Waals surface area contributed by atoms with E-state index in [-0.39, 0.29) is 0 Å². The molecule has 132 valence electrons. The van der Waals surface area contributed by atoms with Gasteiger partial charge in [0.05, 0.1) is 24.5 Å². The van der Waals surface area contributed by atoms with Crippen molar-refractivity contribution in [3.63, 3.8) is 0 Å². The summed E-state index contributed by atoms with van der Waals surface area (Å²) in [5.74, 6) is 1.32. The standard InChI is InChI=1S/C17H22N6OS/c1-13-18-17(20-24-13)12-21(2)9-14-8-15-10-22(5-6-23(15)19-14)11-16-4-3-7-25-16/h3-4,7-8H,5-6,9-12H2,1-2H3. The second kappa shape index (κ2) is 7.07. The second-order valence-electron chi connectivity index (χ2n) is 6.54. The van der Waals surface area contributed by atoms with E-state index < -0.39 is 0 Å². The van der Waals surface area contributed by atoms with Crippen molar-refractivity contribution in [1.82, 2.24) is 29.7 Å². The van der Waals surface area contributed by atoms with Gasteiger partial charge >= 0.3 is 0 Å². The van der Waals surface area contributed by atoms with E-state index in [4.69, 9.17) is 9.62 Å². The molecule has 3 aromatic rings. The van der Waals surface area contributed by atoms with Gasteiger partial charge in [-0.25, -0.2) is 0 Å². The van der Waals surface area contributed by atoms with Crippen LogP contribution in [0.15, 0.2) is 28.1 Å². The summed E-state index contributed by atoms with van der Waals surface area (Å²) in [6.07, 6.45) is 0. The predicted octanol–water partition coefficient (Wildman–Crippen LogP) is 2.28. The Morgan fingerprint density at radius 3 is 3.00 bits per heavy atom. The number of hydrogen-bond acceptors (Lipinski definition) is 7. The second-order valence-corrected chi connectivity index (χ2v) is 7.57. The van der Waals surface area contributed by atoms with E-state index in [9.17, 15) is 0 Å². The summed E-state index contributed by atoms with van der Waals surface area (Å²) in [7, 11) is 2.05. The van der Waals surface area contributed by atoms with Gasteiger partial charge in [0, 0.05) is 38.0 Å². The summed E-state index contributed by atoms with van der Waals surface area (Å²) >= 11 is 1.82. The first-order valence-electron chi connectivity index (χ1n) is 8.44. The molecule has 0 amide bonds. The van der Waals surface area contributed by atoms with Gasteiger partial charge in [0.25, 0.3) is 0 Å². The molecular formula is C17H22N6OS. The van der Waals surface area contributed by atoms with Gasteiger partial charge in [0.1, 0.15) is 0 Å². The van der Waals surface area contributed by atoms with Gasteiger partial charge in [-0.05, 0) is 24.6 Å². The van der Waals surface area contributed by atoms with Crippen LogP contribution in [0.4, 0.5) is 0 Å². The summed E-state index contributed by atoms with van der Waals surface area (Å²) in [5.41, 5.74) is 2.39. The van der Waals surface area contributed by atoms with E-state index in [1.807, 2.05) is 25.3 Å². The lowest BCUT2D eigenvalue weighted by molar-refractivity contribution is 0.206. The molecule has 0 spiro atoms. The Morgan fingerprint density at radius 2 is 2.24 bits per heavy atom. The first-order chi connectivity index (χ1) is 12.2. The van der Waals surface area contributed by atoms with Crippen LogP contribution in [0, 0.1) is 6.92 Å².